The second kappa shape index (κ2) is 9.61. The van der Waals surface area contributed by atoms with Crippen LogP contribution < -0.4 is 5.32 Å². The summed E-state index contributed by atoms with van der Waals surface area (Å²) < 4.78 is 13.1. The lowest BCUT2D eigenvalue weighted by Gasteiger charge is -2.25. The smallest absolute Gasteiger partial charge is 0.307 e. The Balaban J connectivity index is 1.94. The topological polar surface area (TPSA) is 86.6 Å². The quantitative estimate of drug-likeness (QED) is 0.563. The van der Waals surface area contributed by atoms with Crippen LogP contribution in [0.1, 0.15) is 29.0 Å². The molecular formula is C21H21ClFNO4S. The van der Waals surface area contributed by atoms with E-state index >= 15 is 0 Å². The molecule has 0 bridgehead atoms. The Morgan fingerprint density at radius 3 is 2.59 bits per heavy atom. The second-order valence-corrected chi connectivity index (χ2v) is 8.40. The molecule has 0 fully saturated rings. The summed E-state index contributed by atoms with van der Waals surface area (Å²) in [5, 5.41) is 22.6. The number of carboxylic acid groups (broad SMARTS) is 2. The molecule has 1 aliphatic rings. The molecule has 2 aromatic carbocycles. The van der Waals surface area contributed by atoms with E-state index in [9.17, 15) is 24.2 Å². The van der Waals surface area contributed by atoms with Crippen LogP contribution >= 0.6 is 23.4 Å². The zero-order valence-electron chi connectivity index (χ0n) is 15.5. The van der Waals surface area contributed by atoms with Gasteiger partial charge in [0.15, 0.2) is 0 Å². The average Bonchev–Trinajstić information content (AvgIpc) is 2.89. The van der Waals surface area contributed by atoms with Crippen LogP contribution in [0.4, 0.5) is 4.39 Å². The van der Waals surface area contributed by atoms with E-state index < -0.39 is 30.2 Å². The molecule has 0 saturated heterocycles. The Morgan fingerprint density at radius 1 is 1.21 bits per heavy atom. The van der Waals surface area contributed by atoms with E-state index in [2.05, 4.69) is 5.32 Å². The van der Waals surface area contributed by atoms with Gasteiger partial charge in [0.2, 0.25) is 0 Å². The van der Waals surface area contributed by atoms with Gasteiger partial charge in [0.1, 0.15) is 5.82 Å². The molecule has 0 aliphatic carbocycles. The first-order chi connectivity index (χ1) is 13.9. The number of carboxylic acids is 2. The fourth-order valence-electron chi connectivity index (χ4n) is 3.70. The monoisotopic (exact) mass is 437 g/mol. The van der Waals surface area contributed by atoms with E-state index in [1.165, 1.54) is 23.9 Å². The van der Waals surface area contributed by atoms with Crippen molar-refractivity contribution in [2.45, 2.75) is 29.4 Å². The molecule has 0 saturated carbocycles. The summed E-state index contributed by atoms with van der Waals surface area (Å²) in [6.07, 6.45) is 0.231. The highest BCUT2D eigenvalue weighted by Gasteiger charge is 2.34. The molecule has 29 heavy (non-hydrogen) atoms. The number of fused-ring (bicyclic) bond motifs is 1. The van der Waals surface area contributed by atoms with Crippen LogP contribution in [0.15, 0.2) is 41.3 Å². The molecule has 0 spiro atoms. The number of benzene rings is 2. The van der Waals surface area contributed by atoms with E-state index in [1.807, 2.05) is 6.07 Å². The highest BCUT2D eigenvalue weighted by molar-refractivity contribution is 7.98. The first-order valence-electron chi connectivity index (χ1n) is 9.20. The van der Waals surface area contributed by atoms with Gasteiger partial charge in [0.05, 0.1) is 12.3 Å². The third-order valence-corrected chi connectivity index (χ3v) is 6.51. The number of nitrogens with one attached hydrogen (secondary N) is 1. The van der Waals surface area contributed by atoms with Crippen molar-refractivity contribution in [1.82, 2.24) is 5.32 Å². The van der Waals surface area contributed by atoms with Crippen LogP contribution in [-0.4, -0.2) is 35.2 Å². The van der Waals surface area contributed by atoms with Crippen molar-refractivity contribution in [3.05, 3.63) is 63.9 Å². The summed E-state index contributed by atoms with van der Waals surface area (Å²) in [5.41, 5.74) is 2.72. The number of carbonyl (C=O) groups is 2. The molecule has 2 unspecified atom stereocenters. The molecule has 154 valence electrons. The van der Waals surface area contributed by atoms with Gasteiger partial charge in [-0.25, -0.2) is 4.39 Å². The minimum atomic E-state index is -1.13. The molecule has 0 radical (unpaired) electrons. The summed E-state index contributed by atoms with van der Waals surface area (Å²) in [7, 11) is 0. The van der Waals surface area contributed by atoms with Crippen molar-refractivity contribution in [3.63, 3.8) is 0 Å². The lowest BCUT2D eigenvalue weighted by molar-refractivity contribution is -0.149. The van der Waals surface area contributed by atoms with Gasteiger partial charge < -0.3 is 15.5 Å². The predicted octanol–water partition coefficient (Wildman–Crippen LogP) is 4.18. The van der Waals surface area contributed by atoms with Crippen LogP contribution in [0.25, 0.3) is 0 Å². The molecule has 3 N–H and O–H groups in total. The minimum Gasteiger partial charge on any atom is -0.481 e. The van der Waals surface area contributed by atoms with E-state index in [1.54, 1.807) is 18.2 Å². The molecular weight excluding hydrogens is 417 g/mol. The molecule has 1 heterocycles. The van der Waals surface area contributed by atoms with Crippen LogP contribution in [0.3, 0.4) is 0 Å². The summed E-state index contributed by atoms with van der Waals surface area (Å²) in [5.74, 6) is -3.50. The van der Waals surface area contributed by atoms with Gasteiger partial charge in [0.25, 0.3) is 0 Å². The molecule has 2 atom stereocenters. The number of thioether (sulfide) groups is 1. The van der Waals surface area contributed by atoms with Crippen LogP contribution in [0.2, 0.25) is 5.02 Å². The molecule has 3 rings (SSSR count). The molecule has 2 aromatic rings. The van der Waals surface area contributed by atoms with Crippen LogP contribution in [0, 0.1) is 11.7 Å². The summed E-state index contributed by atoms with van der Waals surface area (Å²) in [4.78, 5) is 23.9. The van der Waals surface area contributed by atoms with Crippen molar-refractivity contribution in [1.29, 1.82) is 0 Å². The third-order valence-electron chi connectivity index (χ3n) is 5.12. The number of halogens is 2. The lowest BCUT2D eigenvalue weighted by Crippen LogP contribution is -2.31. The van der Waals surface area contributed by atoms with Crippen molar-refractivity contribution in [2.24, 2.45) is 5.92 Å². The summed E-state index contributed by atoms with van der Waals surface area (Å²) >= 11 is 8.00. The minimum absolute atomic E-state index is 0.298. The maximum absolute atomic E-state index is 13.1. The van der Waals surface area contributed by atoms with Crippen molar-refractivity contribution >= 4 is 35.3 Å². The SMILES string of the molecule is O=C(O)CC(C(=O)O)C1CNCCc2c1ccc(Cl)c2CSc1ccc(F)cc1. The Kier molecular flexibility index (Phi) is 7.16. The zero-order valence-corrected chi connectivity index (χ0v) is 17.1. The number of aliphatic carboxylic acids is 2. The standard InChI is InChI=1S/C21H21ClFNO4S/c22-19-6-5-14-15(18(19)11-29-13-3-1-12(23)2-4-13)7-8-24-10-17(14)16(21(27)28)9-20(25)26/h1-6,16-17,24H,7-11H2,(H,25,26)(H,27,28). The third kappa shape index (κ3) is 5.29. The Morgan fingerprint density at radius 2 is 1.93 bits per heavy atom. The Labute approximate surface area is 177 Å². The maximum Gasteiger partial charge on any atom is 0.307 e. The summed E-state index contributed by atoms with van der Waals surface area (Å²) in [6.45, 7) is 1.04. The highest BCUT2D eigenvalue weighted by Crippen LogP contribution is 2.38. The van der Waals surface area contributed by atoms with Gasteiger partial charge in [0, 0.05) is 28.1 Å². The van der Waals surface area contributed by atoms with Crippen LogP contribution in [0.5, 0.6) is 0 Å². The number of rotatable bonds is 7. The number of hydrogen-bond acceptors (Lipinski definition) is 4. The van der Waals surface area contributed by atoms with E-state index in [0.717, 1.165) is 21.6 Å². The zero-order chi connectivity index (χ0) is 21.0. The van der Waals surface area contributed by atoms with Gasteiger partial charge in [-0.05, 0) is 60.0 Å². The Hall–Kier alpha value is -2.09. The van der Waals surface area contributed by atoms with Gasteiger partial charge in [-0.15, -0.1) is 11.8 Å². The summed E-state index contributed by atoms with van der Waals surface area (Å²) in [6, 6.07) is 9.77. The predicted molar refractivity (Wildman–Crippen MR) is 110 cm³/mol. The maximum atomic E-state index is 13.1. The molecule has 0 aromatic heterocycles. The van der Waals surface area contributed by atoms with Crippen LogP contribution in [-0.2, 0) is 21.8 Å². The lowest BCUT2D eigenvalue weighted by atomic mass is 9.81. The Bertz CT molecular complexity index is 906. The normalized spacial score (nSPS) is 17.2. The van der Waals surface area contributed by atoms with Crippen molar-refractivity contribution in [2.75, 3.05) is 13.1 Å². The van der Waals surface area contributed by atoms with Gasteiger partial charge in [-0.3, -0.25) is 9.59 Å². The highest BCUT2D eigenvalue weighted by atomic mass is 35.5. The van der Waals surface area contributed by atoms with Crippen molar-refractivity contribution in [3.8, 4) is 0 Å². The first kappa shape index (κ1) is 21.6. The fourth-order valence-corrected chi connectivity index (χ4v) is 4.99. The van der Waals surface area contributed by atoms with Gasteiger partial charge in [-0.2, -0.15) is 0 Å². The number of hydrogen-bond donors (Lipinski definition) is 3. The second-order valence-electron chi connectivity index (χ2n) is 6.94. The van der Waals surface area contributed by atoms with Crippen molar-refractivity contribution < 1.29 is 24.2 Å². The van der Waals surface area contributed by atoms with E-state index in [-0.39, 0.29) is 5.82 Å². The fraction of sp³-hybridized carbons (Fsp3) is 0.333. The average molecular weight is 438 g/mol. The first-order valence-corrected chi connectivity index (χ1v) is 10.6. The molecule has 0 amide bonds. The largest absolute Gasteiger partial charge is 0.481 e. The van der Waals surface area contributed by atoms with Gasteiger partial charge >= 0.3 is 11.9 Å². The van der Waals surface area contributed by atoms with Gasteiger partial charge in [-0.1, -0.05) is 17.7 Å². The molecule has 1 aliphatic heterocycles. The molecule has 5 nitrogen and oxygen atoms in total. The van der Waals surface area contributed by atoms with E-state index in [4.69, 9.17) is 11.6 Å². The van der Waals surface area contributed by atoms with E-state index in [0.29, 0.717) is 30.3 Å². The molecule has 8 heteroatoms.